The molecule has 258 valence electrons. The zero-order valence-electron chi connectivity index (χ0n) is 25.7. The number of halogens is 2. The van der Waals surface area contributed by atoms with Gasteiger partial charge in [0, 0.05) is 12.6 Å². The van der Waals surface area contributed by atoms with Crippen molar-refractivity contribution in [1.29, 1.82) is 0 Å². The molecule has 4 unspecified atom stereocenters. The number of alkyl halides is 2. The molecular weight excluding hydrogens is 661 g/mol. The van der Waals surface area contributed by atoms with E-state index in [0.717, 1.165) is 12.3 Å². The molecule has 2 saturated heterocycles. The molecule has 0 bridgehead atoms. The second-order valence-corrected chi connectivity index (χ2v) is 13.1. The number of aliphatic hydroxyl groups is 1. The maximum absolute atomic E-state index is 16.1. The Bertz CT molecular complexity index is 1700. The van der Waals surface area contributed by atoms with Gasteiger partial charge in [-0.1, -0.05) is 48.5 Å². The fraction of sp³-hybridized carbons (Fsp3) is 0.400. The molecule has 0 spiro atoms. The highest BCUT2D eigenvalue weighted by atomic mass is 31.2. The predicted molar refractivity (Wildman–Crippen MR) is 162 cm³/mol. The van der Waals surface area contributed by atoms with Crippen LogP contribution in [0.25, 0.3) is 0 Å². The van der Waals surface area contributed by atoms with Crippen LogP contribution in [-0.4, -0.2) is 69.9 Å². The van der Waals surface area contributed by atoms with Gasteiger partial charge in [-0.15, -0.1) is 0 Å². The molecule has 0 amide bonds. The third kappa shape index (κ3) is 8.35. The molecule has 3 N–H and O–H groups in total. The standard InChI is InChI=1S/C30H33F2N4O11P/c1-29(2)15-21(25(38)46-29)35-48(41,47-20-11-7-4-8-12-20)43-17-22-24(45-28(40)42-16-19-9-5-3-6-10-19)30(31,32)26(44-22)36-14-13-23(33-18-37)34-27(36)39/h3-14,21-22,24,26,37H,15-18H2,1-2H3,(H,35,41)(H,33,34,39)/t21?,22?,24-,26?,48?/m1/s1. The normalized spacial score (nSPS) is 23.9. The summed E-state index contributed by atoms with van der Waals surface area (Å²) in [4.78, 5) is 41.5. The van der Waals surface area contributed by atoms with Crippen LogP contribution < -0.4 is 20.6 Å². The number of rotatable bonds is 13. The number of esters is 1. The van der Waals surface area contributed by atoms with E-state index in [1.807, 2.05) is 0 Å². The summed E-state index contributed by atoms with van der Waals surface area (Å²) in [6.07, 6.45) is -7.14. The Morgan fingerprint density at radius 3 is 2.42 bits per heavy atom. The predicted octanol–water partition coefficient (Wildman–Crippen LogP) is 3.75. The largest absolute Gasteiger partial charge is 0.509 e. The first-order chi connectivity index (χ1) is 22.8. The van der Waals surface area contributed by atoms with E-state index in [4.69, 9.17) is 33.1 Å². The van der Waals surface area contributed by atoms with E-state index in [1.165, 1.54) is 12.1 Å². The van der Waals surface area contributed by atoms with Gasteiger partial charge in [-0.25, -0.2) is 14.2 Å². The van der Waals surface area contributed by atoms with Gasteiger partial charge in [0.25, 0.3) is 0 Å². The molecule has 3 heterocycles. The molecule has 2 aliphatic rings. The number of nitrogens with zero attached hydrogens (tertiary/aromatic N) is 2. The summed E-state index contributed by atoms with van der Waals surface area (Å²) >= 11 is 0. The molecule has 0 aliphatic carbocycles. The number of hydrogen-bond acceptors (Lipinski definition) is 13. The summed E-state index contributed by atoms with van der Waals surface area (Å²) < 4.78 is 78.8. The molecule has 2 aliphatic heterocycles. The van der Waals surface area contributed by atoms with Gasteiger partial charge in [0.05, 0.1) is 6.61 Å². The summed E-state index contributed by atoms with van der Waals surface area (Å²) in [5, 5.41) is 13.9. The van der Waals surface area contributed by atoms with E-state index in [1.54, 1.807) is 62.4 Å². The fourth-order valence-corrected chi connectivity index (χ4v) is 6.50. The Labute approximate surface area is 272 Å². The van der Waals surface area contributed by atoms with E-state index in [9.17, 15) is 18.9 Å². The summed E-state index contributed by atoms with van der Waals surface area (Å²) in [7, 11) is -4.57. The van der Waals surface area contributed by atoms with E-state index in [2.05, 4.69) is 15.4 Å². The number of aliphatic hydroxyl groups excluding tert-OH is 1. The van der Waals surface area contributed by atoms with Crippen molar-refractivity contribution in [3.63, 3.8) is 0 Å². The lowest BCUT2D eigenvalue weighted by molar-refractivity contribution is -0.147. The molecule has 5 rings (SSSR count). The average Bonchev–Trinajstić information content (AvgIpc) is 3.44. The van der Waals surface area contributed by atoms with Crippen LogP contribution in [-0.2, 0) is 39.4 Å². The monoisotopic (exact) mass is 694 g/mol. The second-order valence-electron chi connectivity index (χ2n) is 11.4. The van der Waals surface area contributed by atoms with Gasteiger partial charge in [0.2, 0.25) is 12.3 Å². The van der Waals surface area contributed by atoms with Gasteiger partial charge in [-0.2, -0.15) is 18.9 Å². The molecule has 1 aromatic heterocycles. The van der Waals surface area contributed by atoms with Gasteiger partial charge < -0.3 is 33.9 Å². The first-order valence-electron chi connectivity index (χ1n) is 14.6. The van der Waals surface area contributed by atoms with Crippen LogP contribution in [0, 0.1) is 0 Å². The topological polar surface area (TPSA) is 186 Å². The average molecular weight is 695 g/mol. The molecule has 2 fully saturated rings. The van der Waals surface area contributed by atoms with E-state index < -0.39 is 74.9 Å². The van der Waals surface area contributed by atoms with Crippen LogP contribution in [0.4, 0.5) is 19.4 Å². The Hall–Kier alpha value is -4.41. The fourth-order valence-electron chi connectivity index (χ4n) is 5.00. The number of nitrogens with one attached hydrogen (secondary N) is 2. The summed E-state index contributed by atoms with van der Waals surface area (Å²) in [5.41, 5.74) is -1.54. The van der Waals surface area contributed by atoms with Crippen LogP contribution in [0.3, 0.4) is 0 Å². The molecule has 15 nitrogen and oxygen atoms in total. The minimum absolute atomic E-state index is 0.0565. The van der Waals surface area contributed by atoms with Crippen LogP contribution in [0.5, 0.6) is 5.75 Å². The van der Waals surface area contributed by atoms with Gasteiger partial charge in [-0.05, 0) is 37.6 Å². The lowest BCUT2D eigenvalue weighted by Crippen LogP contribution is -2.45. The first kappa shape index (κ1) is 34.9. The molecule has 2 aromatic carbocycles. The Morgan fingerprint density at radius 2 is 1.79 bits per heavy atom. The maximum Gasteiger partial charge on any atom is 0.509 e. The zero-order valence-corrected chi connectivity index (χ0v) is 26.6. The van der Waals surface area contributed by atoms with Gasteiger partial charge in [0.15, 0.2) is 0 Å². The highest BCUT2D eigenvalue weighted by Gasteiger charge is 2.63. The van der Waals surface area contributed by atoms with Crippen molar-refractivity contribution in [2.24, 2.45) is 0 Å². The second kappa shape index (κ2) is 14.4. The minimum atomic E-state index is -4.57. The summed E-state index contributed by atoms with van der Waals surface area (Å²) in [6, 6.07) is 16.1. The maximum atomic E-state index is 16.1. The Balaban J connectivity index is 1.40. The first-order valence-corrected chi connectivity index (χ1v) is 16.2. The van der Waals surface area contributed by atoms with Crippen LogP contribution in [0.1, 0.15) is 32.1 Å². The lowest BCUT2D eigenvalue weighted by Gasteiger charge is -2.25. The molecule has 5 atom stereocenters. The Morgan fingerprint density at radius 1 is 1.10 bits per heavy atom. The molecule has 0 radical (unpaired) electrons. The molecular formula is C30H33F2N4O11P. The molecule has 48 heavy (non-hydrogen) atoms. The third-order valence-corrected chi connectivity index (χ3v) is 8.73. The van der Waals surface area contributed by atoms with E-state index >= 15 is 8.78 Å². The van der Waals surface area contributed by atoms with Crippen LogP contribution in [0.15, 0.2) is 77.7 Å². The number of anilines is 1. The number of benzene rings is 2. The van der Waals surface area contributed by atoms with Crippen molar-refractivity contribution >= 4 is 25.7 Å². The van der Waals surface area contributed by atoms with Crippen LogP contribution in [0.2, 0.25) is 0 Å². The third-order valence-electron chi connectivity index (χ3n) is 7.16. The highest BCUT2D eigenvalue weighted by molar-refractivity contribution is 7.52. The quantitative estimate of drug-likeness (QED) is 0.133. The van der Waals surface area contributed by atoms with E-state index in [-0.39, 0.29) is 24.6 Å². The number of para-hydroxylation sites is 1. The molecule has 3 aromatic rings. The van der Waals surface area contributed by atoms with Crippen molar-refractivity contribution in [2.45, 2.75) is 62.9 Å². The SMILES string of the molecule is CC1(C)CC(NP(=O)(OCC2OC(n3ccc(NCO)nc3=O)C(F)(F)[C@@H]2OC(=O)OCc2ccccc2)Oc2ccccc2)C(=O)O1. The molecule has 0 saturated carbocycles. The number of ether oxygens (including phenoxy) is 4. The molecule has 18 heteroatoms. The number of cyclic esters (lactones) is 1. The lowest BCUT2D eigenvalue weighted by atomic mass is 10.0. The van der Waals surface area contributed by atoms with Crippen molar-refractivity contribution in [2.75, 3.05) is 18.7 Å². The van der Waals surface area contributed by atoms with Crippen molar-refractivity contribution in [1.82, 2.24) is 14.6 Å². The van der Waals surface area contributed by atoms with Crippen LogP contribution >= 0.6 is 7.75 Å². The number of carbonyl (C=O) groups excluding carboxylic acids is 2. The Kier molecular flexibility index (Phi) is 10.5. The van der Waals surface area contributed by atoms with Crippen molar-refractivity contribution in [3.8, 4) is 5.75 Å². The summed E-state index contributed by atoms with van der Waals surface area (Å²) in [6.45, 7) is 1.46. The van der Waals surface area contributed by atoms with Crippen molar-refractivity contribution in [3.05, 3.63) is 89.0 Å². The smallest absolute Gasteiger partial charge is 0.458 e. The van der Waals surface area contributed by atoms with Gasteiger partial charge >= 0.3 is 31.5 Å². The number of carbonyl (C=O) groups is 2. The minimum Gasteiger partial charge on any atom is -0.458 e. The van der Waals surface area contributed by atoms with Gasteiger partial charge in [0.1, 0.15) is 42.7 Å². The number of hydrogen-bond donors (Lipinski definition) is 3. The number of aromatic nitrogens is 2. The van der Waals surface area contributed by atoms with E-state index in [0.29, 0.717) is 10.1 Å². The zero-order chi connectivity index (χ0) is 34.5. The summed E-state index contributed by atoms with van der Waals surface area (Å²) in [5.74, 6) is -4.89. The van der Waals surface area contributed by atoms with Gasteiger partial charge in [-0.3, -0.25) is 13.9 Å². The highest BCUT2D eigenvalue weighted by Crippen LogP contribution is 2.49. The van der Waals surface area contributed by atoms with Crippen molar-refractivity contribution < 1.29 is 56.0 Å².